The predicted molar refractivity (Wildman–Crippen MR) is 89.5 cm³/mol. The topological polar surface area (TPSA) is 54.0 Å². The highest BCUT2D eigenvalue weighted by molar-refractivity contribution is 6.04. The van der Waals surface area contributed by atoms with Crippen molar-refractivity contribution >= 4 is 17.3 Å². The van der Waals surface area contributed by atoms with E-state index in [9.17, 15) is 4.79 Å². The highest BCUT2D eigenvalue weighted by atomic mass is 16.1. The fourth-order valence-corrected chi connectivity index (χ4v) is 2.66. The summed E-state index contributed by atoms with van der Waals surface area (Å²) in [6.45, 7) is 6.07. The van der Waals surface area contributed by atoms with Crippen LogP contribution in [0.25, 0.3) is 0 Å². The molecule has 1 saturated carbocycles. The minimum atomic E-state index is -0.172. The van der Waals surface area contributed by atoms with E-state index >= 15 is 0 Å². The summed E-state index contributed by atoms with van der Waals surface area (Å²) in [4.78, 5) is 16.6. The molecule has 1 aliphatic carbocycles. The van der Waals surface area contributed by atoms with Crippen LogP contribution in [-0.4, -0.2) is 16.9 Å². The van der Waals surface area contributed by atoms with E-state index in [0.29, 0.717) is 11.7 Å². The normalized spacial score (nSPS) is 13.8. The van der Waals surface area contributed by atoms with Gasteiger partial charge >= 0.3 is 0 Å². The minimum absolute atomic E-state index is 0.172. The average Bonchev–Trinajstić information content (AvgIpc) is 3.27. The summed E-state index contributed by atoms with van der Waals surface area (Å²) in [5, 5.41) is 6.37. The van der Waals surface area contributed by atoms with Gasteiger partial charge in [0.05, 0.1) is 0 Å². The van der Waals surface area contributed by atoms with Crippen LogP contribution >= 0.6 is 0 Å². The van der Waals surface area contributed by atoms with Gasteiger partial charge in [-0.05, 0) is 56.9 Å². The van der Waals surface area contributed by atoms with E-state index in [1.807, 2.05) is 26.0 Å². The van der Waals surface area contributed by atoms with E-state index in [1.54, 1.807) is 6.20 Å². The number of benzene rings is 1. The summed E-state index contributed by atoms with van der Waals surface area (Å²) in [5.74, 6) is -0.172. The number of carbonyl (C=O) groups excluding carboxylic acids is 1. The lowest BCUT2D eigenvalue weighted by Crippen LogP contribution is -2.16. The second kappa shape index (κ2) is 5.79. The highest BCUT2D eigenvalue weighted by Crippen LogP contribution is 2.25. The molecule has 1 aliphatic rings. The molecule has 4 heteroatoms. The molecule has 1 aromatic heterocycles. The molecule has 1 amide bonds. The third-order valence-electron chi connectivity index (χ3n) is 3.86. The summed E-state index contributed by atoms with van der Waals surface area (Å²) in [6.07, 6.45) is 4.08. The van der Waals surface area contributed by atoms with Gasteiger partial charge in [-0.1, -0.05) is 17.7 Å². The quantitative estimate of drug-likeness (QED) is 0.901. The van der Waals surface area contributed by atoms with Crippen LogP contribution in [0.4, 0.5) is 11.4 Å². The Morgan fingerprint density at radius 3 is 2.45 bits per heavy atom. The first-order valence-electron chi connectivity index (χ1n) is 7.65. The van der Waals surface area contributed by atoms with Crippen molar-refractivity contribution < 1.29 is 4.79 Å². The Bertz CT molecular complexity index is 697. The molecule has 0 radical (unpaired) electrons. The third-order valence-corrected chi connectivity index (χ3v) is 3.86. The van der Waals surface area contributed by atoms with Crippen molar-refractivity contribution in [2.24, 2.45) is 0 Å². The average molecular weight is 295 g/mol. The zero-order valence-electron chi connectivity index (χ0n) is 13.2. The van der Waals surface area contributed by atoms with Crippen molar-refractivity contribution in [1.82, 2.24) is 4.98 Å². The third kappa shape index (κ3) is 3.27. The van der Waals surface area contributed by atoms with E-state index < -0.39 is 0 Å². The highest BCUT2D eigenvalue weighted by Gasteiger charge is 2.21. The Balaban J connectivity index is 1.79. The van der Waals surface area contributed by atoms with Crippen LogP contribution in [0.15, 0.2) is 30.5 Å². The molecule has 0 aliphatic heterocycles. The number of rotatable bonds is 4. The molecule has 2 N–H and O–H groups in total. The van der Waals surface area contributed by atoms with E-state index in [-0.39, 0.29) is 5.91 Å². The molecule has 0 saturated heterocycles. The summed E-state index contributed by atoms with van der Waals surface area (Å²) in [6, 6.07) is 8.41. The Morgan fingerprint density at radius 2 is 1.82 bits per heavy atom. The largest absolute Gasteiger partial charge is 0.382 e. The molecule has 1 heterocycles. The van der Waals surface area contributed by atoms with Gasteiger partial charge in [-0.15, -0.1) is 0 Å². The van der Waals surface area contributed by atoms with Crippen molar-refractivity contribution in [3.63, 3.8) is 0 Å². The van der Waals surface area contributed by atoms with E-state index in [1.165, 1.54) is 18.4 Å². The minimum Gasteiger partial charge on any atom is -0.382 e. The van der Waals surface area contributed by atoms with Crippen molar-refractivity contribution in [2.45, 2.75) is 39.7 Å². The molecule has 0 bridgehead atoms. The smallest absolute Gasteiger partial charge is 0.274 e. The number of hydrogen-bond acceptors (Lipinski definition) is 3. The van der Waals surface area contributed by atoms with Crippen LogP contribution in [0.1, 0.15) is 40.0 Å². The van der Waals surface area contributed by atoms with Crippen molar-refractivity contribution in [1.29, 1.82) is 0 Å². The second-order valence-corrected chi connectivity index (χ2v) is 6.08. The molecule has 3 rings (SSSR count). The van der Waals surface area contributed by atoms with Crippen molar-refractivity contribution in [3.05, 3.63) is 52.8 Å². The first kappa shape index (κ1) is 14.6. The molecule has 0 atom stereocenters. The number of carbonyl (C=O) groups is 1. The molecule has 114 valence electrons. The van der Waals surface area contributed by atoms with Gasteiger partial charge in [0.2, 0.25) is 0 Å². The van der Waals surface area contributed by atoms with E-state index in [0.717, 1.165) is 22.5 Å². The fraction of sp³-hybridized carbons (Fsp3) is 0.333. The zero-order valence-corrected chi connectivity index (χ0v) is 13.2. The molecule has 4 nitrogen and oxygen atoms in total. The van der Waals surface area contributed by atoms with Gasteiger partial charge in [0, 0.05) is 23.6 Å². The second-order valence-electron chi connectivity index (χ2n) is 6.08. The standard InChI is InChI=1S/C18H21N3O/c1-11-8-12(2)17(13(3)9-11)21-18(22)16-10-15(6-7-19-16)20-14-4-5-14/h6-10,14H,4-5H2,1-3H3,(H,19,20)(H,21,22). The molecular formula is C18H21N3O. The lowest BCUT2D eigenvalue weighted by molar-refractivity contribution is 0.102. The molecule has 22 heavy (non-hydrogen) atoms. The van der Waals surface area contributed by atoms with Crippen LogP contribution in [0, 0.1) is 20.8 Å². The Morgan fingerprint density at radius 1 is 1.14 bits per heavy atom. The van der Waals surface area contributed by atoms with Gasteiger partial charge in [-0.3, -0.25) is 9.78 Å². The number of aryl methyl sites for hydroxylation is 3. The number of anilines is 2. The van der Waals surface area contributed by atoms with Gasteiger partial charge in [0.25, 0.3) is 5.91 Å². The maximum atomic E-state index is 12.5. The van der Waals surface area contributed by atoms with Gasteiger partial charge in [-0.2, -0.15) is 0 Å². The van der Waals surface area contributed by atoms with Crippen LogP contribution in [0.5, 0.6) is 0 Å². The number of nitrogens with zero attached hydrogens (tertiary/aromatic N) is 1. The number of hydrogen-bond donors (Lipinski definition) is 2. The summed E-state index contributed by atoms with van der Waals surface area (Å²) in [7, 11) is 0. The van der Waals surface area contributed by atoms with Crippen LogP contribution in [0.3, 0.4) is 0 Å². The Kier molecular flexibility index (Phi) is 3.84. The van der Waals surface area contributed by atoms with E-state index in [2.05, 4.69) is 34.7 Å². The lowest BCUT2D eigenvalue weighted by Gasteiger charge is -2.13. The Labute approximate surface area is 131 Å². The van der Waals surface area contributed by atoms with Gasteiger partial charge in [-0.25, -0.2) is 0 Å². The summed E-state index contributed by atoms with van der Waals surface area (Å²) in [5.41, 5.74) is 5.60. The SMILES string of the molecule is Cc1cc(C)c(NC(=O)c2cc(NC3CC3)ccn2)c(C)c1. The maximum absolute atomic E-state index is 12.5. The lowest BCUT2D eigenvalue weighted by atomic mass is 10.0. The van der Waals surface area contributed by atoms with Gasteiger partial charge in [0.15, 0.2) is 0 Å². The molecule has 0 unspecified atom stereocenters. The first-order valence-corrected chi connectivity index (χ1v) is 7.65. The zero-order chi connectivity index (χ0) is 15.7. The molecular weight excluding hydrogens is 274 g/mol. The molecule has 1 aromatic carbocycles. The monoisotopic (exact) mass is 295 g/mol. The van der Waals surface area contributed by atoms with Gasteiger partial charge < -0.3 is 10.6 Å². The van der Waals surface area contributed by atoms with Crippen molar-refractivity contribution in [2.75, 3.05) is 10.6 Å². The summed E-state index contributed by atoms with van der Waals surface area (Å²) < 4.78 is 0. The van der Waals surface area contributed by atoms with Crippen LogP contribution < -0.4 is 10.6 Å². The number of pyridine rings is 1. The number of nitrogens with one attached hydrogen (secondary N) is 2. The first-order chi connectivity index (χ1) is 10.5. The number of aromatic nitrogens is 1. The van der Waals surface area contributed by atoms with Gasteiger partial charge in [0.1, 0.15) is 5.69 Å². The maximum Gasteiger partial charge on any atom is 0.274 e. The molecule has 0 spiro atoms. The Hall–Kier alpha value is -2.36. The molecule has 1 fully saturated rings. The predicted octanol–water partition coefficient (Wildman–Crippen LogP) is 3.83. The van der Waals surface area contributed by atoms with E-state index in [4.69, 9.17) is 0 Å². The van der Waals surface area contributed by atoms with Crippen molar-refractivity contribution in [3.8, 4) is 0 Å². The van der Waals surface area contributed by atoms with Crippen LogP contribution in [0.2, 0.25) is 0 Å². The fourth-order valence-electron chi connectivity index (χ4n) is 2.66. The molecule has 2 aromatic rings. The number of amides is 1. The summed E-state index contributed by atoms with van der Waals surface area (Å²) >= 11 is 0. The van der Waals surface area contributed by atoms with Crippen LogP contribution in [-0.2, 0) is 0 Å².